The third-order valence-electron chi connectivity index (χ3n) is 4.33. The van der Waals surface area contributed by atoms with Gasteiger partial charge >= 0.3 is 6.18 Å². The molecule has 130 valence electrons. The van der Waals surface area contributed by atoms with Crippen molar-refractivity contribution in [2.24, 2.45) is 0 Å². The van der Waals surface area contributed by atoms with E-state index < -0.39 is 23.4 Å². The van der Waals surface area contributed by atoms with E-state index in [1.165, 1.54) is 19.1 Å². The maximum Gasteiger partial charge on any atom is 0.419 e. The van der Waals surface area contributed by atoms with Crippen molar-refractivity contribution in [2.45, 2.75) is 25.9 Å². The Morgan fingerprint density at radius 2 is 1.88 bits per heavy atom. The van der Waals surface area contributed by atoms with Gasteiger partial charge in [-0.05, 0) is 49.6 Å². The Labute approximate surface area is 141 Å². The molecule has 0 radical (unpaired) electrons. The fourth-order valence-corrected chi connectivity index (χ4v) is 3.22. The molecule has 1 aliphatic heterocycles. The normalized spacial score (nSPS) is 14.2. The van der Waals surface area contributed by atoms with E-state index in [1.54, 1.807) is 4.90 Å². The van der Waals surface area contributed by atoms with Gasteiger partial charge in [-0.3, -0.25) is 0 Å². The van der Waals surface area contributed by atoms with E-state index in [1.807, 2.05) is 6.07 Å². The summed E-state index contributed by atoms with van der Waals surface area (Å²) in [6.45, 7) is 1.67. The molecule has 1 aliphatic rings. The molecular formula is C18H13F5N2. The van der Waals surface area contributed by atoms with Gasteiger partial charge in [-0.15, -0.1) is 0 Å². The molecule has 0 bridgehead atoms. The Kier molecular flexibility index (Phi) is 4.15. The quantitative estimate of drug-likeness (QED) is 0.656. The van der Waals surface area contributed by atoms with Gasteiger partial charge < -0.3 is 4.90 Å². The number of hydrogen-bond acceptors (Lipinski definition) is 2. The van der Waals surface area contributed by atoms with Gasteiger partial charge in [0, 0.05) is 17.8 Å². The van der Waals surface area contributed by atoms with Crippen molar-refractivity contribution < 1.29 is 22.0 Å². The number of aryl methyl sites for hydroxylation is 1. The number of hydrogen-bond donors (Lipinski definition) is 0. The number of anilines is 2. The molecule has 0 amide bonds. The van der Waals surface area contributed by atoms with Crippen molar-refractivity contribution in [2.75, 3.05) is 11.4 Å². The standard InChI is InChI=1S/C18H13F5N2/c1-10-15(5-4-14(16(10)20)18(21,22)23)25-6-2-3-11-7-13(19)8-12(9-24)17(11)25/h4-5,7-8H,2-3,6H2,1H3. The second kappa shape index (κ2) is 6.03. The molecule has 0 spiro atoms. The molecule has 0 saturated heterocycles. The van der Waals surface area contributed by atoms with Crippen LogP contribution in [0.1, 0.15) is 28.7 Å². The fourth-order valence-electron chi connectivity index (χ4n) is 3.22. The van der Waals surface area contributed by atoms with Gasteiger partial charge in [-0.2, -0.15) is 18.4 Å². The Balaban J connectivity index is 2.18. The van der Waals surface area contributed by atoms with Crippen molar-refractivity contribution >= 4 is 11.4 Å². The van der Waals surface area contributed by atoms with Crippen molar-refractivity contribution in [3.63, 3.8) is 0 Å². The number of nitriles is 1. The van der Waals surface area contributed by atoms with Crippen LogP contribution in [-0.4, -0.2) is 6.54 Å². The van der Waals surface area contributed by atoms with Gasteiger partial charge in [0.15, 0.2) is 0 Å². The van der Waals surface area contributed by atoms with Crippen molar-refractivity contribution in [3.05, 3.63) is 58.2 Å². The summed E-state index contributed by atoms with van der Waals surface area (Å²) < 4.78 is 66.5. The number of nitrogens with zero attached hydrogens (tertiary/aromatic N) is 2. The van der Waals surface area contributed by atoms with Crippen molar-refractivity contribution in [3.8, 4) is 6.07 Å². The minimum atomic E-state index is -4.78. The molecule has 7 heteroatoms. The van der Waals surface area contributed by atoms with Crippen LogP contribution in [0.25, 0.3) is 0 Å². The smallest absolute Gasteiger partial charge is 0.340 e. The molecule has 25 heavy (non-hydrogen) atoms. The Morgan fingerprint density at radius 3 is 2.52 bits per heavy atom. The first-order chi connectivity index (χ1) is 11.7. The zero-order chi connectivity index (χ0) is 18.4. The largest absolute Gasteiger partial charge is 0.419 e. The summed E-state index contributed by atoms with van der Waals surface area (Å²) in [6.07, 6.45) is -3.63. The number of fused-ring (bicyclic) bond motifs is 1. The van der Waals surface area contributed by atoms with E-state index in [4.69, 9.17) is 0 Å². The summed E-state index contributed by atoms with van der Waals surface area (Å²) in [4.78, 5) is 1.59. The van der Waals surface area contributed by atoms with E-state index >= 15 is 0 Å². The summed E-state index contributed by atoms with van der Waals surface area (Å²) >= 11 is 0. The highest BCUT2D eigenvalue weighted by atomic mass is 19.4. The van der Waals surface area contributed by atoms with Crippen LogP contribution >= 0.6 is 0 Å². The fraction of sp³-hybridized carbons (Fsp3) is 0.278. The molecular weight excluding hydrogens is 339 g/mol. The average Bonchev–Trinajstić information content (AvgIpc) is 2.54. The first kappa shape index (κ1) is 17.2. The van der Waals surface area contributed by atoms with Gasteiger partial charge in [0.25, 0.3) is 0 Å². The molecule has 2 aromatic rings. The second-order valence-electron chi connectivity index (χ2n) is 5.90. The lowest BCUT2D eigenvalue weighted by Crippen LogP contribution is -2.27. The lowest BCUT2D eigenvalue weighted by atomic mass is 9.96. The molecule has 0 N–H and O–H groups in total. The van der Waals surface area contributed by atoms with E-state index in [0.29, 0.717) is 36.7 Å². The minimum absolute atomic E-state index is 0.0782. The molecule has 2 aromatic carbocycles. The van der Waals surface area contributed by atoms with E-state index in [-0.39, 0.29) is 16.8 Å². The van der Waals surface area contributed by atoms with E-state index in [2.05, 4.69) is 0 Å². The van der Waals surface area contributed by atoms with Crippen LogP contribution in [0.3, 0.4) is 0 Å². The SMILES string of the molecule is Cc1c(N2CCCc3cc(F)cc(C#N)c32)ccc(C(F)(F)F)c1F. The molecule has 1 heterocycles. The molecule has 2 nitrogen and oxygen atoms in total. The monoisotopic (exact) mass is 352 g/mol. The van der Waals surface area contributed by atoms with Crippen LogP contribution in [0, 0.1) is 29.9 Å². The molecule has 0 unspecified atom stereocenters. The topological polar surface area (TPSA) is 27.0 Å². The van der Waals surface area contributed by atoms with Crippen LogP contribution in [0.15, 0.2) is 24.3 Å². The summed E-state index contributed by atoms with van der Waals surface area (Å²) in [5.74, 6) is -1.88. The number of halogens is 5. The van der Waals surface area contributed by atoms with Gasteiger partial charge in [0.2, 0.25) is 0 Å². The third kappa shape index (κ3) is 2.93. The molecule has 0 atom stereocenters. The lowest BCUT2D eigenvalue weighted by Gasteiger charge is -2.33. The summed E-state index contributed by atoms with van der Waals surface area (Å²) in [7, 11) is 0. The highest BCUT2D eigenvalue weighted by Gasteiger charge is 2.36. The average molecular weight is 352 g/mol. The van der Waals surface area contributed by atoms with Crippen LogP contribution in [-0.2, 0) is 12.6 Å². The van der Waals surface area contributed by atoms with Gasteiger partial charge in [-0.1, -0.05) is 0 Å². The van der Waals surface area contributed by atoms with Gasteiger partial charge in [-0.25, -0.2) is 8.78 Å². The predicted molar refractivity (Wildman–Crippen MR) is 82.6 cm³/mol. The van der Waals surface area contributed by atoms with Crippen LogP contribution in [0.5, 0.6) is 0 Å². The summed E-state index contributed by atoms with van der Waals surface area (Å²) in [6, 6.07) is 6.18. The van der Waals surface area contributed by atoms with Crippen molar-refractivity contribution in [1.82, 2.24) is 0 Å². The zero-order valence-electron chi connectivity index (χ0n) is 13.2. The molecule has 0 aromatic heterocycles. The van der Waals surface area contributed by atoms with E-state index in [9.17, 15) is 27.2 Å². The van der Waals surface area contributed by atoms with Gasteiger partial charge in [0.05, 0.1) is 16.8 Å². The Hall–Kier alpha value is -2.62. The number of benzene rings is 2. The minimum Gasteiger partial charge on any atom is -0.340 e. The predicted octanol–water partition coefficient (Wildman–Crippen LogP) is 5.25. The molecule has 0 fully saturated rings. The van der Waals surface area contributed by atoms with Crippen LogP contribution in [0.2, 0.25) is 0 Å². The van der Waals surface area contributed by atoms with Crippen LogP contribution < -0.4 is 4.90 Å². The van der Waals surface area contributed by atoms with Crippen molar-refractivity contribution in [1.29, 1.82) is 5.26 Å². The summed E-state index contributed by atoms with van der Waals surface area (Å²) in [5.41, 5.74) is -0.148. The molecule has 3 rings (SSSR count). The second-order valence-corrected chi connectivity index (χ2v) is 5.90. The highest BCUT2D eigenvalue weighted by Crippen LogP contribution is 2.41. The molecule has 0 saturated carbocycles. The lowest BCUT2D eigenvalue weighted by molar-refractivity contribution is -0.140. The Morgan fingerprint density at radius 1 is 1.16 bits per heavy atom. The maximum absolute atomic E-state index is 14.3. The number of alkyl halides is 3. The first-order valence-corrected chi connectivity index (χ1v) is 7.60. The van der Waals surface area contributed by atoms with E-state index in [0.717, 1.165) is 6.07 Å². The zero-order valence-corrected chi connectivity index (χ0v) is 13.2. The first-order valence-electron chi connectivity index (χ1n) is 7.60. The summed E-state index contributed by atoms with van der Waals surface area (Å²) in [5, 5.41) is 9.29. The van der Waals surface area contributed by atoms with Crippen LogP contribution in [0.4, 0.5) is 33.3 Å². The molecule has 0 aliphatic carbocycles. The number of rotatable bonds is 1. The van der Waals surface area contributed by atoms with Gasteiger partial charge in [0.1, 0.15) is 17.7 Å². The third-order valence-corrected chi connectivity index (χ3v) is 4.33. The Bertz CT molecular complexity index is 881. The highest BCUT2D eigenvalue weighted by molar-refractivity contribution is 5.75. The maximum atomic E-state index is 14.3.